The van der Waals surface area contributed by atoms with Crippen molar-refractivity contribution in [2.75, 3.05) is 11.9 Å². The Morgan fingerprint density at radius 1 is 1.40 bits per heavy atom. The number of nitriles is 1. The number of hydrogen-bond acceptors (Lipinski definition) is 6. The second-order valence-corrected chi connectivity index (χ2v) is 5.61. The SMILES string of the molecule is N#Cc1ccc(Nc2nc([C@@H]3CCCCN3)cs2)cn1. The smallest absolute Gasteiger partial charge is 0.187 e. The van der Waals surface area contributed by atoms with Gasteiger partial charge in [0.2, 0.25) is 0 Å². The molecule has 1 saturated heterocycles. The third-order valence-electron chi connectivity index (χ3n) is 3.32. The van der Waals surface area contributed by atoms with E-state index in [0.29, 0.717) is 11.7 Å². The minimum Gasteiger partial charge on any atom is -0.330 e. The Morgan fingerprint density at radius 2 is 2.35 bits per heavy atom. The van der Waals surface area contributed by atoms with Crippen molar-refractivity contribution < 1.29 is 0 Å². The largest absolute Gasteiger partial charge is 0.330 e. The van der Waals surface area contributed by atoms with E-state index in [4.69, 9.17) is 5.26 Å². The van der Waals surface area contributed by atoms with Crippen molar-refractivity contribution in [2.45, 2.75) is 25.3 Å². The molecule has 0 aromatic carbocycles. The Bertz CT molecular complexity index is 607. The van der Waals surface area contributed by atoms with Crippen molar-refractivity contribution in [1.29, 1.82) is 5.26 Å². The van der Waals surface area contributed by atoms with Crippen LogP contribution in [-0.4, -0.2) is 16.5 Å². The zero-order valence-corrected chi connectivity index (χ0v) is 11.8. The van der Waals surface area contributed by atoms with Crippen LogP contribution in [-0.2, 0) is 0 Å². The Balaban J connectivity index is 1.68. The van der Waals surface area contributed by atoms with Gasteiger partial charge >= 0.3 is 0 Å². The molecular weight excluding hydrogens is 270 g/mol. The monoisotopic (exact) mass is 285 g/mol. The fraction of sp³-hybridized carbons (Fsp3) is 0.357. The van der Waals surface area contributed by atoms with Gasteiger partial charge in [0.1, 0.15) is 11.8 Å². The van der Waals surface area contributed by atoms with Gasteiger partial charge in [-0.2, -0.15) is 5.26 Å². The maximum absolute atomic E-state index is 8.72. The van der Waals surface area contributed by atoms with E-state index in [0.717, 1.165) is 29.5 Å². The van der Waals surface area contributed by atoms with Gasteiger partial charge in [0.25, 0.3) is 0 Å². The number of pyridine rings is 1. The highest BCUT2D eigenvalue weighted by atomic mass is 32.1. The van der Waals surface area contributed by atoms with E-state index >= 15 is 0 Å². The fourth-order valence-electron chi connectivity index (χ4n) is 2.27. The van der Waals surface area contributed by atoms with Crippen LogP contribution in [0.4, 0.5) is 10.8 Å². The van der Waals surface area contributed by atoms with Gasteiger partial charge in [-0.25, -0.2) is 9.97 Å². The Kier molecular flexibility index (Phi) is 3.90. The first kappa shape index (κ1) is 13.0. The van der Waals surface area contributed by atoms with Crippen molar-refractivity contribution in [2.24, 2.45) is 0 Å². The molecule has 0 radical (unpaired) electrons. The van der Waals surface area contributed by atoms with Crippen LogP contribution < -0.4 is 10.6 Å². The lowest BCUT2D eigenvalue weighted by Gasteiger charge is -2.21. The van der Waals surface area contributed by atoms with Gasteiger partial charge in [0.15, 0.2) is 5.13 Å². The van der Waals surface area contributed by atoms with Gasteiger partial charge < -0.3 is 10.6 Å². The van der Waals surface area contributed by atoms with Crippen LogP contribution in [0.25, 0.3) is 0 Å². The summed E-state index contributed by atoms with van der Waals surface area (Å²) in [4.78, 5) is 8.65. The van der Waals surface area contributed by atoms with E-state index in [9.17, 15) is 0 Å². The number of hydrogen-bond donors (Lipinski definition) is 2. The molecule has 102 valence electrons. The van der Waals surface area contributed by atoms with Crippen LogP contribution in [0.1, 0.15) is 36.7 Å². The summed E-state index contributed by atoms with van der Waals surface area (Å²) in [6, 6.07) is 5.92. The van der Waals surface area contributed by atoms with Crippen LogP contribution in [0, 0.1) is 11.3 Å². The summed E-state index contributed by atoms with van der Waals surface area (Å²) in [6.07, 6.45) is 5.32. The topological polar surface area (TPSA) is 73.6 Å². The number of anilines is 2. The molecule has 2 N–H and O–H groups in total. The van der Waals surface area contributed by atoms with E-state index in [1.807, 2.05) is 12.1 Å². The first-order valence-electron chi connectivity index (χ1n) is 6.67. The molecule has 0 amide bonds. The number of nitrogens with zero attached hydrogens (tertiary/aromatic N) is 3. The number of nitrogens with one attached hydrogen (secondary N) is 2. The predicted octanol–water partition coefficient (Wildman–Crippen LogP) is 2.97. The molecule has 0 unspecified atom stereocenters. The van der Waals surface area contributed by atoms with E-state index in [1.54, 1.807) is 23.6 Å². The molecule has 1 aliphatic rings. The normalized spacial score (nSPS) is 18.4. The van der Waals surface area contributed by atoms with Gasteiger partial charge in [-0.3, -0.25) is 0 Å². The van der Waals surface area contributed by atoms with Crippen LogP contribution >= 0.6 is 11.3 Å². The zero-order chi connectivity index (χ0) is 13.8. The fourth-order valence-corrected chi connectivity index (χ4v) is 3.05. The quantitative estimate of drug-likeness (QED) is 0.907. The van der Waals surface area contributed by atoms with Gasteiger partial charge in [-0.15, -0.1) is 11.3 Å². The second-order valence-electron chi connectivity index (χ2n) is 4.75. The van der Waals surface area contributed by atoms with Crippen molar-refractivity contribution >= 4 is 22.2 Å². The molecule has 1 fully saturated rings. The average Bonchev–Trinajstić information content (AvgIpc) is 2.97. The standard InChI is InChI=1S/C14H15N5S/c15-7-10-4-5-11(8-17-10)18-14-19-13(9-20-14)12-3-1-2-6-16-12/h4-5,8-9,12,16H,1-3,6H2,(H,18,19)/t12-/m0/s1. The van der Waals surface area contributed by atoms with Crippen molar-refractivity contribution in [1.82, 2.24) is 15.3 Å². The summed E-state index contributed by atoms with van der Waals surface area (Å²) in [5, 5.41) is 18.4. The number of aromatic nitrogens is 2. The van der Waals surface area contributed by atoms with Gasteiger partial charge in [-0.1, -0.05) is 6.42 Å². The van der Waals surface area contributed by atoms with Crippen LogP contribution in [0.5, 0.6) is 0 Å². The summed E-state index contributed by atoms with van der Waals surface area (Å²) in [5.41, 5.74) is 2.38. The molecule has 1 atom stereocenters. The summed E-state index contributed by atoms with van der Waals surface area (Å²) in [7, 11) is 0. The minimum absolute atomic E-state index is 0.384. The molecule has 3 heterocycles. The van der Waals surface area contributed by atoms with Gasteiger partial charge in [0, 0.05) is 5.38 Å². The third-order valence-corrected chi connectivity index (χ3v) is 4.09. The lowest BCUT2D eigenvalue weighted by Crippen LogP contribution is -2.26. The summed E-state index contributed by atoms with van der Waals surface area (Å²) in [6.45, 7) is 1.07. The molecule has 6 heteroatoms. The van der Waals surface area contributed by atoms with Crippen LogP contribution in [0.15, 0.2) is 23.7 Å². The predicted molar refractivity (Wildman–Crippen MR) is 78.9 cm³/mol. The van der Waals surface area contributed by atoms with E-state index in [1.165, 1.54) is 12.8 Å². The molecule has 2 aromatic heterocycles. The van der Waals surface area contributed by atoms with E-state index in [-0.39, 0.29) is 0 Å². The van der Waals surface area contributed by atoms with E-state index < -0.39 is 0 Å². The highest BCUT2D eigenvalue weighted by Crippen LogP contribution is 2.27. The first-order chi connectivity index (χ1) is 9.85. The van der Waals surface area contributed by atoms with Gasteiger partial charge in [0.05, 0.1) is 23.6 Å². The van der Waals surface area contributed by atoms with Crippen LogP contribution in [0.2, 0.25) is 0 Å². The Hall–Kier alpha value is -1.97. The number of piperidine rings is 1. The summed E-state index contributed by atoms with van der Waals surface area (Å²) in [5.74, 6) is 0. The Labute approximate surface area is 121 Å². The van der Waals surface area contributed by atoms with Crippen molar-refractivity contribution in [3.63, 3.8) is 0 Å². The molecular formula is C14H15N5S. The summed E-state index contributed by atoms with van der Waals surface area (Å²) < 4.78 is 0. The molecule has 1 aliphatic heterocycles. The first-order valence-corrected chi connectivity index (χ1v) is 7.55. The molecule has 0 bridgehead atoms. The summed E-state index contributed by atoms with van der Waals surface area (Å²) >= 11 is 1.59. The minimum atomic E-state index is 0.384. The highest BCUT2D eigenvalue weighted by Gasteiger charge is 2.17. The molecule has 2 aromatic rings. The molecule has 0 saturated carbocycles. The molecule has 20 heavy (non-hydrogen) atoms. The van der Waals surface area contributed by atoms with Gasteiger partial charge in [-0.05, 0) is 31.5 Å². The number of thiazole rings is 1. The molecule has 5 nitrogen and oxygen atoms in total. The van der Waals surface area contributed by atoms with Crippen molar-refractivity contribution in [3.05, 3.63) is 35.1 Å². The lowest BCUT2D eigenvalue weighted by molar-refractivity contribution is 0.407. The maximum atomic E-state index is 8.72. The lowest BCUT2D eigenvalue weighted by atomic mass is 10.0. The maximum Gasteiger partial charge on any atom is 0.187 e. The third kappa shape index (κ3) is 2.95. The Morgan fingerprint density at radius 3 is 3.05 bits per heavy atom. The zero-order valence-electron chi connectivity index (χ0n) is 11.0. The number of rotatable bonds is 3. The molecule has 0 spiro atoms. The second kappa shape index (κ2) is 5.99. The molecule has 0 aliphatic carbocycles. The van der Waals surface area contributed by atoms with E-state index in [2.05, 4.69) is 26.0 Å². The van der Waals surface area contributed by atoms with Crippen molar-refractivity contribution in [3.8, 4) is 6.07 Å². The molecule has 3 rings (SSSR count). The van der Waals surface area contributed by atoms with Crippen LogP contribution in [0.3, 0.4) is 0 Å². The average molecular weight is 285 g/mol. The highest BCUT2D eigenvalue weighted by molar-refractivity contribution is 7.13.